The molecule has 0 bridgehead atoms. The van der Waals surface area contributed by atoms with Gasteiger partial charge in [0.1, 0.15) is 16.3 Å². The van der Waals surface area contributed by atoms with Crippen molar-refractivity contribution >= 4 is 38.5 Å². The van der Waals surface area contributed by atoms with Crippen LogP contribution in [0.1, 0.15) is 20.8 Å². The largest absolute Gasteiger partial charge is 0.477 e. The zero-order chi connectivity index (χ0) is 16.6. The van der Waals surface area contributed by atoms with Crippen molar-refractivity contribution in [3.63, 3.8) is 0 Å². The van der Waals surface area contributed by atoms with Gasteiger partial charge in [0.2, 0.25) is 0 Å². The average molecular weight is 331 g/mol. The average Bonchev–Trinajstić information content (AvgIpc) is 2.96. The van der Waals surface area contributed by atoms with Crippen LogP contribution >= 0.6 is 11.3 Å². The third-order valence-electron chi connectivity index (χ3n) is 3.06. The highest BCUT2D eigenvalue weighted by atomic mass is 32.1. The molecule has 116 valence electrons. The topological polar surface area (TPSA) is 114 Å². The Bertz CT molecular complexity index is 963. The third kappa shape index (κ3) is 2.69. The van der Waals surface area contributed by atoms with Crippen LogP contribution in [0.15, 0.2) is 39.9 Å². The van der Waals surface area contributed by atoms with E-state index in [1.165, 1.54) is 42.7 Å². The van der Waals surface area contributed by atoms with Gasteiger partial charge in [-0.2, -0.15) is 0 Å². The van der Waals surface area contributed by atoms with E-state index in [0.29, 0.717) is 9.70 Å². The summed E-state index contributed by atoms with van der Waals surface area (Å²) in [6, 6.07) is 2.74. The summed E-state index contributed by atoms with van der Waals surface area (Å²) >= 11 is 1.13. The molecule has 3 aromatic heterocycles. The summed E-state index contributed by atoms with van der Waals surface area (Å²) in [5.74, 6) is -1.75. The van der Waals surface area contributed by atoms with E-state index >= 15 is 0 Å². The maximum absolute atomic E-state index is 12.3. The Balaban J connectivity index is 2.02. The second-order valence-corrected chi connectivity index (χ2v) is 5.58. The van der Waals surface area contributed by atoms with Crippen LogP contribution in [0.3, 0.4) is 0 Å². The van der Waals surface area contributed by atoms with Gasteiger partial charge < -0.3 is 14.4 Å². The van der Waals surface area contributed by atoms with Crippen LogP contribution < -0.4 is 10.5 Å². The predicted octanol–water partition coefficient (Wildman–Crippen LogP) is 1.62. The number of fused-ring (bicyclic) bond motifs is 1. The summed E-state index contributed by atoms with van der Waals surface area (Å²) in [4.78, 5) is 43.9. The first-order valence-electron chi connectivity index (χ1n) is 6.32. The van der Waals surface area contributed by atoms with Crippen molar-refractivity contribution in [3.05, 3.63) is 52.4 Å². The van der Waals surface area contributed by atoms with Crippen LogP contribution in [0.25, 0.3) is 10.3 Å². The van der Waals surface area contributed by atoms with Gasteiger partial charge in [0.05, 0.1) is 10.9 Å². The number of amides is 1. The van der Waals surface area contributed by atoms with E-state index in [4.69, 9.17) is 9.52 Å². The van der Waals surface area contributed by atoms with Crippen LogP contribution in [-0.2, 0) is 0 Å². The van der Waals surface area contributed by atoms with E-state index in [-0.39, 0.29) is 17.2 Å². The van der Waals surface area contributed by atoms with Crippen LogP contribution in [0.4, 0.5) is 5.00 Å². The maximum atomic E-state index is 12.3. The Hall–Kier alpha value is -3.07. The minimum absolute atomic E-state index is 0.167. The Kier molecular flexibility index (Phi) is 3.62. The van der Waals surface area contributed by atoms with Gasteiger partial charge in [0.25, 0.3) is 5.91 Å². The van der Waals surface area contributed by atoms with Crippen LogP contribution in [-0.4, -0.2) is 34.0 Å². The third-order valence-corrected chi connectivity index (χ3v) is 4.20. The van der Waals surface area contributed by atoms with Gasteiger partial charge in [-0.15, -0.1) is 11.3 Å². The molecule has 0 fully saturated rings. The van der Waals surface area contributed by atoms with Gasteiger partial charge in [-0.3, -0.25) is 9.78 Å². The molecule has 1 N–H and O–H groups in total. The zero-order valence-corrected chi connectivity index (χ0v) is 12.5. The fourth-order valence-electron chi connectivity index (χ4n) is 1.90. The van der Waals surface area contributed by atoms with Gasteiger partial charge in [-0.05, 0) is 6.07 Å². The molecular weight excluding hydrogens is 322 g/mol. The molecule has 3 rings (SSSR count). The smallest absolute Gasteiger partial charge is 0.351 e. The Labute approximate surface area is 132 Å². The molecule has 0 aliphatic rings. The summed E-state index contributed by atoms with van der Waals surface area (Å²) in [5, 5.41) is 9.43. The van der Waals surface area contributed by atoms with E-state index < -0.39 is 17.2 Å². The first-order valence-corrected chi connectivity index (χ1v) is 7.14. The number of hydrogen-bond acceptors (Lipinski definition) is 7. The molecule has 0 unspecified atom stereocenters. The molecule has 0 saturated carbocycles. The maximum Gasteiger partial charge on any atom is 0.351 e. The van der Waals surface area contributed by atoms with Gasteiger partial charge >= 0.3 is 11.6 Å². The Morgan fingerprint density at radius 2 is 2.09 bits per heavy atom. The Morgan fingerprint density at radius 1 is 1.30 bits per heavy atom. The summed E-state index contributed by atoms with van der Waals surface area (Å²) < 4.78 is 5.43. The van der Waals surface area contributed by atoms with E-state index in [1.54, 1.807) is 0 Å². The molecule has 0 aliphatic carbocycles. The molecule has 0 spiro atoms. The number of hydrogen-bond donors (Lipinski definition) is 1. The van der Waals surface area contributed by atoms with Gasteiger partial charge in [-0.25, -0.2) is 14.6 Å². The summed E-state index contributed by atoms with van der Waals surface area (Å²) in [5.41, 5.74) is -0.995. The summed E-state index contributed by atoms with van der Waals surface area (Å²) in [6.07, 6.45) is 4.21. The zero-order valence-electron chi connectivity index (χ0n) is 11.7. The molecule has 0 aromatic carbocycles. The van der Waals surface area contributed by atoms with Crippen molar-refractivity contribution in [1.29, 1.82) is 0 Å². The number of carboxylic acids is 1. The van der Waals surface area contributed by atoms with Crippen molar-refractivity contribution in [1.82, 2.24) is 9.97 Å². The van der Waals surface area contributed by atoms with Gasteiger partial charge in [-0.1, -0.05) is 0 Å². The van der Waals surface area contributed by atoms with Crippen molar-refractivity contribution in [3.8, 4) is 0 Å². The lowest BCUT2D eigenvalue weighted by molar-refractivity contribution is 0.0692. The number of carbonyl (C=O) groups excluding carboxylic acids is 1. The molecule has 23 heavy (non-hydrogen) atoms. The molecule has 9 heteroatoms. The normalized spacial score (nSPS) is 10.7. The fraction of sp³-hybridized carbons (Fsp3) is 0.0714. The molecule has 0 saturated heterocycles. The number of thiophene rings is 1. The standard InChI is InChI=1S/C14H9N3O5S/c1-17(12(18)8-6-15-2-3-16-8)11-5-9-10(23-11)4-7(13(19)20)14(21)22-9/h2-6H,1H3,(H,19,20). The number of aromatic carboxylic acids is 1. The van der Waals surface area contributed by atoms with E-state index in [9.17, 15) is 14.4 Å². The van der Waals surface area contributed by atoms with Crippen molar-refractivity contribution in [2.24, 2.45) is 0 Å². The fourth-order valence-corrected chi connectivity index (χ4v) is 2.89. The number of aromatic nitrogens is 2. The van der Waals surface area contributed by atoms with Gasteiger partial charge in [0.15, 0.2) is 5.58 Å². The highest BCUT2D eigenvalue weighted by molar-refractivity contribution is 7.22. The van der Waals surface area contributed by atoms with Crippen molar-refractivity contribution in [2.45, 2.75) is 0 Å². The van der Waals surface area contributed by atoms with E-state index in [2.05, 4.69) is 9.97 Å². The summed E-state index contributed by atoms with van der Waals surface area (Å²) in [6.45, 7) is 0. The number of carbonyl (C=O) groups is 2. The minimum atomic E-state index is -1.36. The number of rotatable bonds is 3. The van der Waals surface area contributed by atoms with Crippen LogP contribution in [0.2, 0.25) is 0 Å². The molecule has 3 aromatic rings. The lowest BCUT2D eigenvalue weighted by Crippen LogP contribution is -2.26. The first-order chi connectivity index (χ1) is 11.0. The molecule has 0 atom stereocenters. The Morgan fingerprint density at radius 3 is 2.74 bits per heavy atom. The highest BCUT2D eigenvalue weighted by Crippen LogP contribution is 2.32. The predicted molar refractivity (Wildman–Crippen MR) is 82.1 cm³/mol. The number of nitrogens with zero attached hydrogens (tertiary/aromatic N) is 3. The van der Waals surface area contributed by atoms with Crippen molar-refractivity contribution < 1.29 is 19.1 Å². The lowest BCUT2D eigenvalue weighted by atomic mass is 10.3. The monoisotopic (exact) mass is 331 g/mol. The molecule has 0 radical (unpaired) electrons. The molecule has 3 heterocycles. The quantitative estimate of drug-likeness (QED) is 0.775. The first kappa shape index (κ1) is 14.9. The second kappa shape index (κ2) is 5.61. The highest BCUT2D eigenvalue weighted by Gasteiger charge is 2.19. The van der Waals surface area contributed by atoms with Gasteiger partial charge in [0, 0.05) is 25.5 Å². The number of carboxylic acid groups (broad SMARTS) is 1. The second-order valence-electron chi connectivity index (χ2n) is 4.52. The molecule has 8 nitrogen and oxygen atoms in total. The van der Waals surface area contributed by atoms with E-state index in [1.807, 2.05) is 0 Å². The van der Waals surface area contributed by atoms with E-state index in [0.717, 1.165) is 11.3 Å². The molecule has 1 amide bonds. The van der Waals surface area contributed by atoms with Crippen LogP contribution in [0.5, 0.6) is 0 Å². The number of anilines is 1. The molecule has 0 aliphatic heterocycles. The van der Waals surface area contributed by atoms with Crippen molar-refractivity contribution in [2.75, 3.05) is 11.9 Å². The SMILES string of the molecule is CN(C(=O)c1cnccn1)c1cc2oc(=O)c(C(=O)O)cc2s1. The lowest BCUT2D eigenvalue weighted by Gasteiger charge is -2.13. The summed E-state index contributed by atoms with van der Waals surface area (Å²) in [7, 11) is 1.54. The molecular formula is C14H9N3O5S. The van der Waals surface area contributed by atoms with Crippen LogP contribution in [0, 0.1) is 0 Å². The minimum Gasteiger partial charge on any atom is -0.477 e.